The lowest BCUT2D eigenvalue weighted by Gasteiger charge is -2.40. The topological polar surface area (TPSA) is 60.7 Å². The number of hydrogen-bond acceptors (Lipinski definition) is 3. The van der Waals surface area contributed by atoms with Gasteiger partial charge in [-0.2, -0.15) is 0 Å². The molecule has 2 fully saturated rings. The SMILES string of the molecule is C[C@@]1(CCC=C(CO)CO)[C@H]2CC[C@]1(C)[C@@H](O)C2. The fourth-order valence-electron chi connectivity index (χ4n) is 4.24. The molecule has 0 heterocycles. The summed E-state index contributed by atoms with van der Waals surface area (Å²) in [6.07, 6.45) is 7.04. The third-order valence-corrected chi connectivity index (χ3v) is 5.96. The largest absolute Gasteiger partial charge is 0.393 e. The Labute approximate surface area is 110 Å². The van der Waals surface area contributed by atoms with Crippen molar-refractivity contribution in [2.24, 2.45) is 16.7 Å². The van der Waals surface area contributed by atoms with Crippen LogP contribution in [0, 0.1) is 16.7 Å². The highest BCUT2D eigenvalue weighted by molar-refractivity contribution is 5.13. The molecule has 0 spiro atoms. The Hall–Kier alpha value is -0.380. The van der Waals surface area contributed by atoms with Gasteiger partial charge in [0.05, 0.1) is 19.3 Å². The maximum absolute atomic E-state index is 10.2. The minimum Gasteiger partial charge on any atom is -0.393 e. The average Bonchev–Trinajstić information content (AvgIpc) is 2.70. The first-order valence-electron chi connectivity index (χ1n) is 7.05. The lowest BCUT2D eigenvalue weighted by Crippen LogP contribution is -2.37. The van der Waals surface area contributed by atoms with Gasteiger partial charge >= 0.3 is 0 Å². The van der Waals surface area contributed by atoms with E-state index in [1.54, 1.807) is 0 Å². The highest BCUT2D eigenvalue weighted by Gasteiger charge is 2.62. The molecular formula is C15H26O3. The monoisotopic (exact) mass is 254 g/mol. The summed E-state index contributed by atoms with van der Waals surface area (Å²) in [7, 11) is 0. The Bertz CT molecular complexity index is 333. The van der Waals surface area contributed by atoms with Gasteiger partial charge < -0.3 is 15.3 Å². The zero-order chi connectivity index (χ0) is 13.4. The minimum atomic E-state index is -0.152. The molecule has 2 bridgehead atoms. The van der Waals surface area contributed by atoms with E-state index in [0.717, 1.165) is 25.7 Å². The van der Waals surface area contributed by atoms with Gasteiger partial charge in [0, 0.05) is 0 Å². The van der Waals surface area contributed by atoms with Crippen LogP contribution in [0.25, 0.3) is 0 Å². The molecule has 0 unspecified atom stereocenters. The standard InChI is InChI=1S/C15H26O3/c1-14(6-3-4-11(9-16)10-17)12-5-7-15(14,2)13(18)8-12/h4,12-13,16-18H,3,5-10H2,1-2H3/t12-,13-,14+,15+/m0/s1. The van der Waals surface area contributed by atoms with Gasteiger partial charge in [-0.05, 0) is 54.4 Å². The molecule has 2 rings (SSSR count). The van der Waals surface area contributed by atoms with Crippen molar-refractivity contribution in [1.82, 2.24) is 0 Å². The molecular weight excluding hydrogens is 228 g/mol. The predicted octanol–water partition coefficient (Wildman–Crippen LogP) is 1.86. The van der Waals surface area contributed by atoms with Crippen molar-refractivity contribution in [1.29, 1.82) is 0 Å². The second kappa shape index (κ2) is 4.95. The molecule has 2 saturated carbocycles. The molecule has 0 radical (unpaired) electrons. The second-order valence-corrected chi connectivity index (χ2v) is 6.54. The van der Waals surface area contributed by atoms with Gasteiger partial charge in [0.2, 0.25) is 0 Å². The normalized spacial score (nSPS) is 42.3. The summed E-state index contributed by atoms with van der Waals surface area (Å²) in [5.74, 6) is 0.637. The number of allylic oxidation sites excluding steroid dienone is 1. The van der Waals surface area contributed by atoms with Gasteiger partial charge in [0.1, 0.15) is 0 Å². The van der Waals surface area contributed by atoms with E-state index >= 15 is 0 Å². The molecule has 0 amide bonds. The van der Waals surface area contributed by atoms with Crippen molar-refractivity contribution >= 4 is 0 Å². The third-order valence-electron chi connectivity index (χ3n) is 5.96. The molecule has 2 aliphatic rings. The molecule has 0 aromatic heterocycles. The van der Waals surface area contributed by atoms with Crippen LogP contribution in [0.15, 0.2) is 11.6 Å². The zero-order valence-corrected chi connectivity index (χ0v) is 11.5. The van der Waals surface area contributed by atoms with Crippen LogP contribution < -0.4 is 0 Å². The molecule has 0 aromatic carbocycles. The number of aliphatic hydroxyl groups excluding tert-OH is 3. The first-order valence-corrected chi connectivity index (χ1v) is 7.05. The Morgan fingerprint density at radius 2 is 1.94 bits per heavy atom. The van der Waals surface area contributed by atoms with E-state index in [1.807, 2.05) is 6.08 Å². The molecule has 3 heteroatoms. The zero-order valence-electron chi connectivity index (χ0n) is 11.5. The summed E-state index contributed by atoms with van der Waals surface area (Å²) in [6.45, 7) is 4.42. The highest BCUT2D eigenvalue weighted by atomic mass is 16.3. The minimum absolute atomic E-state index is 0.0590. The van der Waals surface area contributed by atoms with Gasteiger partial charge in [-0.1, -0.05) is 19.9 Å². The lowest BCUT2D eigenvalue weighted by molar-refractivity contribution is 0.00197. The van der Waals surface area contributed by atoms with Crippen LogP contribution >= 0.6 is 0 Å². The number of aliphatic hydroxyl groups is 3. The highest BCUT2D eigenvalue weighted by Crippen LogP contribution is 2.67. The van der Waals surface area contributed by atoms with Crippen LogP contribution in [0.2, 0.25) is 0 Å². The molecule has 3 nitrogen and oxygen atoms in total. The quantitative estimate of drug-likeness (QED) is 0.656. The molecule has 0 aliphatic heterocycles. The van der Waals surface area contributed by atoms with Gasteiger partial charge in [0.15, 0.2) is 0 Å². The van der Waals surface area contributed by atoms with Crippen LogP contribution in [-0.2, 0) is 0 Å². The van der Waals surface area contributed by atoms with E-state index in [1.165, 1.54) is 6.42 Å². The number of fused-ring (bicyclic) bond motifs is 2. The summed E-state index contributed by atoms with van der Waals surface area (Å²) in [5, 5.41) is 28.3. The Kier molecular flexibility index (Phi) is 3.86. The molecule has 3 N–H and O–H groups in total. The van der Waals surface area contributed by atoms with Crippen molar-refractivity contribution in [2.75, 3.05) is 13.2 Å². The van der Waals surface area contributed by atoms with Gasteiger partial charge in [-0.15, -0.1) is 0 Å². The maximum Gasteiger partial charge on any atom is 0.0663 e. The molecule has 0 aromatic rings. The van der Waals surface area contributed by atoms with Crippen LogP contribution in [0.1, 0.15) is 46.0 Å². The average molecular weight is 254 g/mol. The van der Waals surface area contributed by atoms with E-state index in [9.17, 15) is 5.11 Å². The fourth-order valence-corrected chi connectivity index (χ4v) is 4.24. The van der Waals surface area contributed by atoms with Crippen LogP contribution in [0.3, 0.4) is 0 Å². The molecule has 18 heavy (non-hydrogen) atoms. The third kappa shape index (κ3) is 1.93. The maximum atomic E-state index is 10.2. The summed E-state index contributed by atoms with van der Waals surface area (Å²) < 4.78 is 0. The van der Waals surface area contributed by atoms with Crippen molar-refractivity contribution < 1.29 is 15.3 Å². The number of hydrogen-bond donors (Lipinski definition) is 3. The van der Waals surface area contributed by atoms with Crippen LogP contribution in [0.5, 0.6) is 0 Å². The summed E-state index contributed by atoms with van der Waals surface area (Å²) in [5.41, 5.74) is 0.970. The van der Waals surface area contributed by atoms with Crippen LogP contribution in [-0.4, -0.2) is 34.6 Å². The van der Waals surface area contributed by atoms with Gasteiger partial charge in [-0.3, -0.25) is 0 Å². The van der Waals surface area contributed by atoms with Crippen LogP contribution in [0.4, 0.5) is 0 Å². The second-order valence-electron chi connectivity index (χ2n) is 6.54. The van der Waals surface area contributed by atoms with E-state index in [4.69, 9.17) is 10.2 Å². The summed E-state index contributed by atoms with van der Waals surface area (Å²) in [6, 6.07) is 0. The summed E-state index contributed by atoms with van der Waals surface area (Å²) in [4.78, 5) is 0. The Morgan fingerprint density at radius 1 is 1.28 bits per heavy atom. The predicted molar refractivity (Wildman–Crippen MR) is 71.1 cm³/mol. The lowest BCUT2D eigenvalue weighted by atomic mass is 9.66. The molecule has 4 atom stereocenters. The fraction of sp³-hybridized carbons (Fsp3) is 0.867. The van der Waals surface area contributed by atoms with Gasteiger partial charge in [-0.25, -0.2) is 0 Å². The molecule has 104 valence electrons. The Morgan fingerprint density at radius 3 is 2.39 bits per heavy atom. The van der Waals surface area contributed by atoms with E-state index in [2.05, 4.69) is 13.8 Å². The van der Waals surface area contributed by atoms with Crippen molar-refractivity contribution in [3.8, 4) is 0 Å². The van der Waals surface area contributed by atoms with Crippen molar-refractivity contribution in [3.05, 3.63) is 11.6 Å². The van der Waals surface area contributed by atoms with Gasteiger partial charge in [0.25, 0.3) is 0 Å². The molecule has 0 saturated heterocycles. The van der Waals surface area contributed by atoms with E-state index in [-0.39, 0.29) is 30.1 Å². The van der Waals surface area contributed by atoms with E-state index < -0.39 is 0 Å². The summed E-state index contributed by atoms with van der Waals surface area (Å²) >= 11 is 0. The van der Waals surface area contributed by atoms with Crippen molar-refractivity contribution in [2.45, 2.75) is 52.1 Å². The first kappa shape index (κ1) is 14.0. The molecule has 2 aliphatic carbocycles. The Balaban J connectivity index is 2.03. The van der Waals surface area contributed by atoms with E-state index in [0.29, 0.717) is 11.5 Å². The van der Waals surface area contributed by atoms with Crippen molar-refractivity contribution in [3.63, 3.8) is 0 Å². The number of rotatable bonds is 5. The first-order chi connectivity index (χ1) is 8.48. The smallest absolute Gasteiger partial charge is 0.0663 e.